The van der Waals surface area contributed by atoms with Crippen LogP contribution in [0.15, 0.2) is 39.0 Å². The Bertz CT molecular complexity index is 691. The third-order valence-corrected chi connectivity index (χ3v) is 5.49. The van der Waals surface area contributed by atoms with E-state index in [1.165, 1.54) is 11.3 Å². The Labute approximate surface area is 131 Å². The summed E-state index contributed by atoms with van der Waals surface area (Å²) in [5, 5.41) is 4.66. The lowest BCUT2D eigenvalue weighted by Gasteiger charge is -2.08. The smallest absolute Gasteiger partial charge is 0.262 e. The molecule has 0 amide bonds. The van der Waals surface area contributed by atoms with Gasteiger partial charge in [0, 0.05) is 21.3 Å². The van der Waals surface area contributed by atoms with Crippen molar-refractivity contribution in [3.8, 4) is 0 Å². The van der Waals surface area contributed by atoms with Crippen molar-refractivity contribution < 1.29 is 8.42 Å². The van der Waals surface area contributed by atoms with Gasteiger partial charge in [0.25, 0.3) is 10.0 Å². The van der Waals surface area contributed by atoms with Gasteiger partial charge in [-0.1, -0.05) is 15.9 Å². The van der Waals surface area contributed by atoms with Crippen LogP contribution in [0.2, 0.25) is 0 Å². The third kappa shape index (κ3) is 3.82. The molecule has 0 fully saturated rings. The maximum Gasteiger partial charge on any atom is 0.262 e. The van der Waals surface area contributed by atoms with Gasteiger partial charge in [-0.15, -0.1) is 11.3 Å². The largest absolute Gasteiger partial charge is 0.315 e. The Morgan fingerprint density at radius 1 is 1.25 bits per heavy atom. The average molecular weight is 375 g/mol. The highest BCUT2D eigenvalue weighted by Gasteiger charge is 2.16. The summed E-state index contributed by atoms with van der Waals surface area (Å²) >= 11 is 4.79. The van der Waals surface area contributed by atoms with Crippen LogP contribution >= 0.6 is 27.3 Å². The summed E-state index contributed by atoms with van der Waals surface area (Å²) in [5.74, 6) is 0. The second-order valence-corrected chi connectivity index (χ2v) is 8.00. The van der Waals surface area contributed by atoms with E-state index in [0.29, 0.717) is 17.1 Å². The lowest BCUT2D eigenvalue weighted by Crippen LogP contribution is -2.12. The maximum atomic E-state index is 12.3. The predicted octanol–water partition coefficient (Wildman–Crippen LogP) is 3.34. The fourth-order valence-electron chi connectivity index (χ4n) is 1.78. The van der Waals surface area contributed by atoms with Gasteiger partial charge in [0.05, 0.1) is 10.6 Å². The van der Waals surface area contributed by atoms with Crippen LogP contribution in [0, 0.1) is 6.92 Å². The summed E-state index contributed by atoms with van der Waals surface area (Å²) < 4.78 is 28.0. The Morgan fingerprint density at radius 3 is 2.65 bits per heavy atom. The average Bonchev–Trinajstić information content (AvgIpc) is 2.76. The van der Waals surface area contributed by atoms with Crippen molar-refractivity contribution in [1.29, 1.82) is 0 Å². The van der Waals surface area contributed by atoms with E-state index in [-0.39, 0.29) is 0 Å². The van der Waals surface area contributed by atoms with Crippen LogP contribution in [-0.4, -0.2) is 15.5 Å². The van der Waals surface area contributed by atoms with E-state index in [4.69, 9.17) is 0 Å². The van der Waals surface area contributed by atoms with Crippen LogP contribution in [0.5, 0.6) is 0 Å². The first-order valence-electron chi connectivity index (χ1n) is 5.93. The molecule has 0 spiro atoms. The normalized spacial score (nSPS) is 11.6. The summed E-state index contributed by atoms with van der Waals surface area (Å²) in [6, 6.07) is 7.15. The second kappa shape index (κ2) is 6.26. The molecule has 0 atom stereocenters. The molecule has 108 valence electrons. The summed E-state index contributed by atoms with van der Waals surface area (Å²) in [4.78, 5) is 1.28. The zero-order valence-corrected chi connectivity index (χ0v) is 14.3. The van der Waals surface area contributed by atoms with Crippen molar-refractivity contribution in [2.75, 3.05) is 11.8 Å². The number of sulfonamides is 1. The van der Waals surface area contributed by atoms with Gasteiger partial charge in [0.1, 0.15) is 0 Å². The van der Waals surface area contributed by atoms with Crippen molar-refractivity contribution in [2.24, 2.45) is 0 Å². The minimum absolute atomic E-state index is 0.297. The van der Waals surface area contributed by atoms with Gasteiger partial charge in [-0.2, -0.15) is 0 Å². The number of rotatable bonds is 5. The highest BCUT2D eigenvalue weighted by molar-refractivity contribution is 9.10. The van der Waals surface area contributed by atoms with Crippen molar-refractivity contribution in [2.45, 2.75) is 18.4 Å². The van der Waals surface area contributed by atoms with Gasteiger partial charge in [0.15, 0.2) is 0 Å². The monoisotopic (exact) mass is 374 g/mol. The lowest BCUT2D eigenvalue weighted by atomic mass is 10.2. The van der Waals surface area contributed by atoms with Crippen molar-refractivity contribution in [3.05, 3.63) is 44.6 Å². The SMILES string of the molecule is CNCc1cc(S(=O)(=O)Nc2cc(C)cc(Br)c2)cs1. The van der Waals surface area contributed by atoms with Gasteiger partial charge in [0.2, 0.25) is 0 Å². The Hall–Kier alpha value is -0.890. The zero-order chi connectivity index (χ0) is 14.8. The zero-order valence-electron chi connectivity index (χ0n) is 11.1. The topological polar surface area (TPSA) is 58.2 Å². The molecule has 1 aromatic carbocycles. The summed E-state index contributed by atoms with van der Waals surface area (Å²) in [6.07, 6.45) is 0. The van der Waals surface area contributed by atoms with Gasteiger partial charge >= 0.3 is 0 Å². The lowest BCUT2D eigenvalue weighted by molar-refractivity contribution is 0.601. The van der Waals surface area contributed by atoms with E-state index in [1.807, 2.05) is 20.0 Å². The van der Waals surface area contributed by atoms with Crippen LogP contribution < -0.4 is 10.0 Å². The third-order valence-electron chi connectivity index (χ3n) is 2.59. The van der Waals surface area contributed by atoms with Gasteiger partial charge in [-0.05, 0) is 43.8 Å². The molecular formula is C13H15BrN2O2S2. The highest BCUT2D eigenvalue weighted by Crippen LogP contribution is 2.24. The molecular weight excluding hydrogens is 360 g/mol. The van der Waals surface area contributed by atoms with Gasteiger partial charge in [-0.3, -0.25) is 4.72 Å². The standard InChI is InChI=1S/C13H15BrN2O2S2/c1-9-3-10(14)5-11(4-9)16-20(17,18)13-6-12(7-15-2)19-8-13/h3-6,8,15-16H,7H2,1-2H3. The maximum absolute atomic E-state index is 12.3. The minimum Gasteiger partial charge on any atom is -0.315 e. The molecule has 2 rings (SSSR count). The van der Waals surface area contributed by atoms with Crippen LogP contribution in [0.1, 0.15) is 10.4 Å². The number of thiophene rings is 1. The molecule has 0 radical (unpaired) electrons. The number of halogens is 1. The van der Waals surface area contributed by atoms with E-state index in [9.17, 15) is 8.42 Å². The van der Waals surface area contributed by atoms with Crippen molar-refractivity contribution in [3.63, 3.8) is 0 Å². The number of anilines is 1. The molecule has 0 bridgehead atoms. The second-order valence-electron chi connectivity index (χ2n) is 4.40. The van der Waals surface area contributed by atoms with Crippen LogP contribution in [0.25, 0.3) is 0 Å². The first-order valence-corrected chi connectivity index (χ1v) is 9.08. The molecule has 0 saturated carbocycles. The molecule has 4 nitrogen and oxygen atoms in total. The van der Waals surface area contributed by atoms with Crippen LogP contribution in [0.3, 0.4) is 0 Å². The molecule has 2 aromatic rings. The van der Waals surface area contributed by atoms with Gasteiger partial charge in [-0.25, -0.2) is 8.42 Å². The van der Waals surface area contributed by atoms with Crippen LogP contribution in [0.4, 0.5) is 5.69 Å². The number of nitrogens with one attached hydrogen (secondary N) is 2. The molecule has 0 aliphatic carbocycles. The molecule has 0 aliphatic heterocycles. The van der Waals surface area contributed by atoms with E-state index >= 15 is 0 Å². The molecule has 0 unspecified atom stereocenters. The molecule has 1 heterocycles. The van der Waals surface area contributed by atoms with Crippen molar-refractivity contribution >= 4 is 43.0 Å². The fourth-order valence-corrected chi connectivity index (χ4v) is 4.71. The van der Waals surface area contributed by atoms with E-state index < -0.39 is 10.0 Å². The molecule has 20 heavy (non-hydrogen) atoms. The highest BCUT2D eigenvalue weighted by atomic mass is 79.9. The summed E-state index contributed by atoms with van der Waals surface area (Å²) in [5.41, 5.74) is 1.54. The van der Waals surface area contributed by atoms with Gasteiger partial charge < -0.3 is 5.32 Å². The first kappa shape index (κ1) is 15.5. The Balaban J connectivity index is 2.25. The number of hydrogen-bond acceptors (Lipinski definition) is 4. The summed E-state index contributed by atoms with van der Waals surface area (Å²) in [6.45, 7) is 2.58. The minimum atomic E-state index is -3.53. The van der Waals surface area contributed by atoms with E-state index in [2.05, 4.69) is 26.0 Å². The molecule has 0 saturated heterocycles. The quantitative estimate of drug-likeness (QED) is 0.843. The van der Waals surface area contributed by atoms with Crippen LogP contribution in [-0.2, 0) is 16.6 Å². The number of aryl methyl sites for hydroxylation is 1. The number of benzene rings is 1. The van der Waals surface area contributed by atoms with Crippen molar-refractivity contribution in [1.82, 2.24) is 5.32 Å². The fraction of sp³-hybridized carbons (Fsp3) is 0.231. The Morgan fingerprint density at radius 2 is 2.00 bits per heavy atom. The molecule has 7 heteroatoms. The summed E-state index contributed by atoms with van der Waals surface area (Å²) in [7, 11) is -1.70. The predicted molar refractivity (Wildman–Crippen MR) is 86.8 cm³/mol. The molecule has 2 N–H and O–H groups in total. The number of hydrogen-bond donors (Lipinski definition) is 2. The molecule has 1 aromatic heterocycles. The first-order chi connectivity index (χ1) is 9.40. The van der Waals surface area contributed by atoms with E-state index in [1.54, 1.807) is 23.6 Å². The molecule has 0 aliphatic rings. The Kier molecular flexibility index (Phi) is 4.85. The van der Waals surface area contributed by atoms with E-state index in [0.717, 1.165) is 14.9 Å².